The predicted octanol–water partition coefficient (Wildman–Crippen LogP) is 4.72. The normalized spacial score (nSPS) is 15.1. The van der Waals surface area contributed by atoms with E-state index in [-0.39, 0.29) is 18.3 Å². The molecular weight excluding hydrogens is 435 g/mol. The standard InChI is InChI=1S/C20H16ClFN2O3S2/c1-2-24-19(26)17(29-20(24)28)10-12-3-8-16(15(21)9-12)27-11-18(25)23-14-6-4-13(22)5-7-14/h3-10H,2,11H2,1H3,(H,23,25)/b17-10-. The fourth-order valence-corrected chi connectivity index (χ4v) is 4.15. The molecule has 1 saturated heterocycles. The fourth-order valence-electron chi connectivity index (χ4n) is 2.52. The molecule has 150 valence electrons. The second kappa shape index (κ2) is 9.39. The smallest absolute Gasteiger partial charge is 0.266 e. The molecule has 0 radical (unpaired) electrons. The van der Waals surface area contributed by atoms with Gasteiger partial charge in [-0.15, -0.1) is 0 Å². The molecule has 1 heterocycles. The van der Waals surface area contributed by atoms with Crippen molar-refractivity contribution in [3.8, 4) is 5.75 Å². The second-order valence-corrected chi connectivity index (χ2v) is 8.04. The summed E-state index contributed by atoms with van der Waals surface area (Å²) in [4.78, 5) is 26.3. The maximum Gasteiger partial charge on any atom is 0.266 e. The van der Waals surface area contributed by atoms with E-state index in [0.29, 0.717) is 32.2 Å². The van der Waals surface area contributed by atoms with Gasteiger partial charge in [-0.3, -0.25) is 14.5 Å². The Morgan fingerprint density at radius 1 is 1.31 bits per heavy atom. The van der Waals surface area contributed by atoms with Crippen molar-refractivity contribution < 1.29 is 18.7 Å². The number of thiocarbonyl (C=S) groups is 1. The molecule has 0 spiro atoms. The number of ether oxygens (including phenoxy) is 1. The average Bonchev–Trinajstić information content (AvgIpc) is 2.95. The quantitative estimate of drug-likeness (QED) is 0.510. The number of hydrogen-bond donors (Lipinski definition) is 1. The lowest BCUT2D eigenvalue weighted by molar-refractivity contribution is -0.122. The third kappa shape index (κ3) is 5.35. The molecule has 0 atom stereocenters. The van der Waals surface area contributed by atoms with Crippen molar-refractivity contribution in [3.63, 3.8) is 0 Å². The molecule has 0 aliphatic carbocycles. The van der Waals surface area contributed by atoms with Crippen LogP contribution in [0.4, 0.5) is 10.1 Å². The number of amides is 2. The largest absolute Gasteiger partial charge is 0.482 e. The maximum atomic E-state index is 12.9. The van der Waals surface area contributed by atoms with Crippen LogP contribution in [0.15, 0.2) is 47.4 Å². The van der Waals surface area contributed by atoms with Gasteiger partial charge in [0.2, 0.25) is 0 Å². The first-order valence-electron chi connectivity index (χ1n) is 8.60. The highest BCUT2D eigenvalue weighted by molar-refractivity contribution is 8.26. The van der Waals surface area contributed by atoms with Crippen LogP contribution in [0.2, 0.25) is 5.02 Å². The molecule has 5 nitrogen and oxygen atoms in total. The van der Waals surface area contributed by atoms with E-state index in [1.54, 1.807) is 24.3 Å². The highest BCUT2D eigenvalue weighted by Gasteiger charge is 2.30. The first-order chi connectivity index (χ1) is 13.9. The van der Waals surface area contributed by atoms with Crippen LogP contribution in [0.3, 0.4) is 0 Å². The first kappa shape index (κ1) is 21.3. The number of halogens is 2. The van der Waals surface area contributed by atoms with Gasteiger partial charge in [0.05, 0.1) is 9.93 Å². The highest BCUT2D eigenvalue weighted by atomic mass is 35.5. The molecule has 3 rings (SSSR count). The number of anilines is 1. The zero-order valence-electron chi connectivity index (χ0n) is 15.3. The Kier molecular flexibility index (Phi) is 6.89. The molecule has 0 aromatic heterocycles. The third-order valence-electron chi connectivity index (χ3n) is 3.93. The summed E-state index contributed by atoms with van der Waals surface area (Å²) >= 11 is 12.7. The Labute approximate surface area is 181 Å². The number of carbonyl (C=O) groups excluding carboxylic acids is 2. The minimum absolute atomic E-state index is 0.128. The first-order valence-corrected chi connectivity index (χ1v) is 10.2. The molecule has 0 bridgehead atoms. The number of thioether (sulfide) groups is 1. The van der Waals surface area contributed by atoms with Crippen LogP contribution in [0.25, 0.3) is 6.08 Å². The van der Waals surface area contributed by atoms with Gasteiger partial charge < -0.3 is 10.1 Å². The van der Waals surface area contributed by atoms with Gasteiger partial charge in [-0.25, -0.2) is 4.39 Å². The summed E-state index contributed by atoms with van der Waals surface area (Å²) in [5, 5.41) is 2.90. The minimum Gasteiger partial charge on any atom is -0.482 e. The van der Waals surface area contributed by atoms with Gasteiger partial charge in [0.25, 0.3) is 11.8 Å². The maximum absolute atomic E-state index is 12.9. The summed E-state index contributed by atoms with van der Waals surface area (Å²) in [6, 6.07) is 10.4. The third-order valence-corrected chi connectivity index (χ3v) is 5.60. The Morgan fingerprint density at radius 2 is 2.03 bits per heavy atom. The Hall–Kier alpha value is -2.42. The molecule has 0 unspecified atom stereocenters. The Morgan fingerprint density at radius 3 is 2.66 bits per heavy atom. The van der Waals surface area contributed by atoms with Crippen LogP contribution in [-0.4, -0.2) is 34.2 Å². The summed E-state index contributed by atoms with van der Waals surface area (Å²) in [6.07, 6.45) is 1.71. The van der Waals surface area contributed by atoms with E-state index >= 15 is 0 Å². The van der Waals surface area contributed by atoms with Gasteiger partial charge in [-0.2, -0.15) is 0 Å². The summed E-state index contributed by atoms with van der Waals surface area (Å²) in [7, 11) is 0. The van der Waals surface area contributed by atoms with Gasteiger partial charge in [-0.05, 0) is 55.0 Å². The van der Waals surface area contributed by atoms with Crippen molar-refractivity contribution in [2.45, 2.75) is 6.92 Å². The van der Waals surface area contributed by atoms with Crippen LogP contribution >= 0.6 is 35.6 Å². The lowest BCUT2D eigenvalue weighted by Crippen LogP contribution is -2.27. The topological polar surface area (TPSA) is 58.6 Å². The van der Waals surface area contributed by atoms with Gasteiger partial charge in [0.15, 0.2) is 6.61 Å². The zero-order chi connectivity index (χ0) is 21.0. The average molecular weight is 451 g/mol. The van der Waals surface area contributed by atoms with Crippen molar-refractivity contribution in [2.24, 2.45) is 0 Å². The molecule has 1 aliphatic heterocycles. The van der Waals surface area contributed by atoms with Gasteiger partial charge in [0.1, 0.15) is 15.9 Å². The second-order valence-electron chi connectivity index (χ2n) is 5.96. The summed E-state index contributed by atoms with van der Waals surface area (Å²) in [5.74, 6) is -0.585. The predicted molar refractivity (Wildman–Crippen MR) is 118 cm³/mol. The van der Waals surface area contributed by atoms with Crippen LogP contribution in [0.5, 0.6) is 5.75 Å². The number of likely N-dealkylation sites (N-methyl/N-ethyl adjacent to an activating group) is 1. The minimum atomic E-state index is -0.403. The van der Waals surface area contributed by atoms with E-state index in [1.807, 2.05) is 6.92 Å². The van der Waals surface area contributed by atoms with Crippen molar-refractivity contribution >= 4 is 63.5 Å². The van der Waals surface area contributed by atoms with Crippen molar-refractivity contribution in [2.75, 3.05) is 18.5 Å². The number of benzene rings is 2. The molecule has 2 aromatic carbocycles. The summed E-state index contributed by atoms with van der Waals surface area (Å²) in [5.41, 5.74) is 1.18. The molecule has 1 aliphatic rings. The molecule has 29 heavy (non-hydrogen) atoms. The lowest BCUT2D eigenvalue weighted by atomic mass is 10.2. The molecule has 1 fully saturated rings. The van der Waals surface area contributed by atoms with Crippen LogP contribution in [0.1, 0.15) is 12.5 Å². The van der Waals surface area contributed by atoms with Crippen LogP contribution < -0.4 is 10.1 Å². The van der Waals surface area contributed by atoms with Crippen molar-refractivity contribution in [1.29, 1.82) is 0 Å². The van der Waals surface area contributed by atoms with Gasteiger partial charge in [-0.1, -0.05) is 41.6 Å². The zero-order valence-corrected chi connectivity index (χ0v) is 17.7. The summed E-state index contributed by atoms with van der Waals surface area (Å²) in [6.45, 7) is 2.13. The number of hydrogen-bond acceptors (Lipinski definition) is 5. The number of nitrogens with one attached hydrogen (secondary N) is 1. The molecule has 2 aromatic rings. The Bertz CT molecular complexity index is 996. The van der Waals surface area contributed by atoms with Crippen LogP contribution in [-0.2, 0) is 9.59 Å². The monoisotopic (exact) mass is 450 g/mol. The van der Waals surface area contributed by atoms with Gasteiger partial charge in [0, 0.05) is 12.2 Å². The molecule has 1 N–H and O–H groups in total. The number of nitrogens with zero attached hydrogens (tertiary/aromatic N) is 1. The molecule has 2 amide bonds. The van der Waals surface area contributed by atoms with E-state index in [0.717, 1.165) is 5.56 Å². The van der Waals surface area contributed by atoms with Gasteiger partial charge >= 0.3 is 0 Å². The SMILES string of the molecule is CCN1C(=O)/C(=C/c2ccc(OCC(=O)Nc3ccc(F)cc3)c(Cl)c2)SC1=S. The number of rotatable bonds is 6. The summed E-state index contributed by atoms with van der Waals surface area (Å²) < 4.78 is 18.9. The van der Waals surface area contributed by atoms with Crippen molar-refractivity contribution in [1.82, 2.24) is 4.90 Å². The van der Waals surface area contributed by atoms with Crippen molar-refractivity contribution in [3.05, 3.63) is 63.8 Å². The Balaban J connectivity index is 1.62. The molecular formula is C20H16ClFN2O3S2. The van der Waals surface area contributed by atoms with E-state index in [4.69, 9.17) is 28.6 Å². The van der Waals surface area contributed by atoms with E-state index in [9.17, 15) is 14.0 Å². The number of carbonyl (C=O) groups is 2. The lowest BCUT2D eigenvalue weighted by Gasteiger charge is -2.10. The molecule has 0 saturated carbocycles. The highest BCUT2D eigenvalue weighted by Crippen LogP contribution is 2.33. The fraction of sp³-hybridized carbons (Fsp3) is 0.150. The van der Waals surface area contributed by atoms with Crippen LogP contribution in [0, 0.1) is 5.82 Å². The molecule has 9 heteroatoms. The van der Waals surface area contributed by atoms with E-state index < -0.39 is 5.91 Å². The van der Waals surface area contributed by atoms with E-state index in [1.165, 1.54) is 40.9 Å². The van der Waals surface area contributed by atoms with E-state index in [2.05, 4.69) is 5.32 Å².